The summed E-state index contributed by atoms with van der Waals surface area (Å²) >= 11 is 0. The lowest BCUT2D eigenvalue weighted by Crippen LogP contribution is -2.32. The van der Waals surface area contributed by atoms with Gasteiger partial charge in [0.05, 0.1) is 4.90 Å². The fourth-order valence-corrected chi connectivity index (χ4v) is 3.58. The summed E-state index contributed by atoms with van der Waals surface area (Å²) in [6.45, 7) is 6.12. The molecule has 6 nitrogen and oxygen atoms in total. The highest BCUT2D eigenvalue weighted by molar-refractivity contribution is 7.89. The van der Waals surface area contributed by atoms with Crippen LogP contribution in [0.15, 0.2) is 53.4 Å². The second kappa shape index (κ2) is 10.2. The monoisotopic (exact) mass is 389 g/mol. The first-order valence-electron chi connectivity index (χ1n) is 9.07. The predicted molar refractivity (Wildman–Crippen MR) is 107 cm³/mol. The lowest BCUT2D eigenvalue weighted by atomic mass is 10.1. The summed E-state index contributed by atoms with van der Waals surface area (Å²) in [5.74, 6) is -0.272. The summed E-state index contributed by atoms with van der Waals surface area (Å²) in [4.78, 5) is 12.5. The van der Waals surface area contributed by atoms with Gasteiger partial charge in [0.25, 0.3) is 5.91 Å². The van der Waals surface area contributed by atoms with Crippen LogP contribution in [0.3, 0.4) is 0 Å². The van der Waals surface area contributed by atoms with E-state index in [-0.39, 0.29) is 17.3 Å². The molecule has 0 saturated carbocycles. The highest BCUT2D eigenvalue weighted by atomic mass is 32.2. The molecule has 27 heavy (non-hydrogen) atoms. The van der Waals surface area contributed by atoms with Gasteiger partial charge in [-0.3, -0.25) is 4.79 Å². The molecule has 3 N–H and O–H groups in total. The fraction of sp³-hybridized carbons (Fsp3) is 0.350. The van der Waals surface area contributed by atoms with Crippen LogP contribution in [0.2, 0.25) is 0 Å². The van der Waals surface area contributed by atoms with Crippen molar-refractivity contribution in [2.75, 3.05) is 19.6 Å². The quantitative estimate of drug-likeness (QED) is 0.544. The number of carbonyl (C=O) groups excluding carboxylic acids is 1. The van der Waals surface area contributed by atoms with Crippen LogP contribution in [0, 0.1) is 6.92 Å². The Bertz CT molecular complexity index is 852. The summed E-state index contributed by atoms with van der Waals surface area (Å²) in [7, 11) is -3.71. The Morgan fingerprint density at radius 3 is 2.44 bits per heavy atom. The largest absolute Gasteiger partial charge is 0.351 e. The average molecular weight is 390 g/mol. The van der Waals surface area contributed by atoms with Crippen LogP contribution in [0.4, 0.5) is 0 Å². The van der Waals surface area contributed by atoms with Crippen LogP contribution in [0.1, 0.15) is 34.8 Å². The van der Waals surface area contributed by atoms with Gasteiger partial charge in [-0.1, -0.05) is 43.3 Å². The molecule has 0 aromatic heterocycles. The molecule has 0 saturated heterocycles. The molecule has 0 unspecified atom stereocenters. The molecule has 2 aromatic rings. The average Bonchev–Trinajstić information content (AvgIpc) is 2.67. The van der Waals surface area contributed by atoms with E-state index in [1.165, 1.54) is 12.1 Å². The number of nitrogens with one attached hydrogen (secondary N) is 3. The topological polar surface area (TPSA) is 87.3 Å². The zero-order valence-corrected chi connectivity index (χ0v) is 16.6. The maximum absolute atomic E-state index is 12.6. The summed E-state index contributed by atoms with van der Waals surface area (Å²) in [5.41, 5.74) is 1.97. The van der Waals surface area contributed by atoms with E-state index in [9.17, 15) is 13.2 Å². The van der Waals surface area contributed by atoms with Gasteiger partial charge < -0.3 is 10.6 Å². The van der Waals surface area contributed by atoms with E-state index < -0.39 is 10.0 Å². The lowest BCUT2D eigenvalue weighted by Gasteiger charge is -2.11. The minimum Gasteiger partial charge on any atom is -0.351 e. The highest BCUT2D eigenvalue weighted by Gasteiger charge is 2.17. The van der Waals surface area contributed by atoms with Crippen LogP contribution >= 0.6 is 0 Å². The normalized spacial score (nSPS) is 11.3. The Morgan fingerprint density at radius 1 is 1.00 bits per heavy atom. The summed E-state index contributed by atoms with van der Waals surface area (Å²) < 4.78 is 27.7. The molecular weight excluding hydrogens is 362 g/mol. The van der Waals surface area contributed by atoms with E-state index in [1.807, 2.05) is 30.3 Å². The number of sulfonamides is 1. The smallest absolute Gasteiger partial charge is 0.251 e. The van der Waals surface area contributed by atoms with E-state index in [4.69, 9.17) is 0 Å². The number of rotatable bonds is 10. The second-order valence-electron chi connectivity index (χ2n) is 6.29. The molecule has 0 radical (unpaired) electrons. The maximum atomic E-state index is 12.6. The number of carbonyl (C=O) groups is 1. The third-order valence-corrected chi connectivity index (χ3v) is 5.49. The van der Waals surface area contributed by atoms with E-state index >= 15 is 0 Å². The Morgan fingerprint density at radius 2 is 1.74 bits per heavy atom. The summed E-state index contributed by atoms with van der Waals surface area (Å²) in [6, 6.07) is 13.9. The van der Waals surface area contributed by atoms with Gasteiger partial charge in [0.2, 0.25) is 10.0 Å². The molecule has 0 atom stereocenters. The lowest BCUT2D eigenvalue weighted by molar-refractivity contribution is 0.0953. The van der Waals surface area contributed by atoms with Gasteiger partial charge in [0, 0.05) is 25.2 Å². The molecule has 0 aliphatic heterocycles. The summed E-state index contributed by atoms with van der Waals surface area (Å²) in [6.07, 6.45) is 1.03. The van der Waals surface area contributed by atoms with E-state index in [0.717, 1.165) is 24.1 Å². The number of hydrogen-bond acceptors (Lipinski definition) is 4. The van der Waals surface area contributed by atoms with Crippen molar-refractivity contribution in [3.05, 3.63) is 65.2 Å². The van der Waals surface area contributed by atoms with Gasteiger partial charge in [-0.15, -0.1) is 0 Å². The molecule has 2 rings (SSSR count). The predicted octanol–water partition coefficient (Wildman–Crippen LogP) is 2.20. The number of benzene rings is 2. The summed E-state index contributed by atoms with van der Waals surface area (Å²) in [5, 5.41) is 6.02. The van der Waals surface area contributed by atoms with Crippen molar-refractivity contribution in [1.82, 2.24) is 15.4 Å². The molecule has 0 spiro atoms. The van der Waals surface area contributed by atoms with Crippen molar-refractivity contribution in [2.45, 2.75) is 31.7 Å². The van der Waals surface area contributed by atoms with E-state index in [1.54, 1.807) is 13.0 Å². The van der Waals surface area contributed by atoms with Gasteiger partial charge in [-0.05, 0) is 43.1 Å². The van der Waals surface area contributed by atoms with Crippen molar-refractivity contribution >= 4 is 15.9 Å². The van der Waals surface area contributed by atoms with Crippen molar-refractivity contribution in [3.8, 4) is 0 Å². The van der Waals surface area contributed by atoms with Crippen LogP contribution in [-0.4, -0.2) is 34.0 Å². The molecule has 7 heteroatoms. The molecule has 0 aliphatic rings. The van der Waals surface area contributed by atoms with Gasteiger partial charge >= 0.3 is 0 Å². The van der Waals surface area contributed by atoms with E-state index in [0.29, 0.717) is 18.7 Å². The van der Waals surface area contributed by atoms with Crippen molar-refractivity contribution in [2.24, 2.45) is 0 Å². The Hall–Kier alpha value is -2.22. The van der Waals surface area contributed by atoms with Gasteiger partial charge in [-0.2, -0.15) is 0 Å². The van der Waals surface area contributed by atoms with Crippen LogP contribution < -0.4 is 15.4 Å². The SMILES string of the molecule is CCCNCCNC(=O)c1cc(S(=O)(=O)NCc2ccccc2)ccc1C. The Kier molecular flexibility index (Phi) is 7.97. The third-order valence-electron chi connectivity index (χ3n) is 4.09. The van der Waals surface area contributed by atoms with Gasteiger partial charge in [0.15, 0.2) is 0 Å². The molecule has 0 bridgehead atoms. The first-order chi connectivity index (χ1) is 12.9. The minimum atomic E-state index is -3.71. The number of amides is 1. The number of hydrogen-bond donors (Lipinski definition) is 3. The van der Waals surface area contributed by atoms with Gasteiger partial charge in [-0.25, -0.2) is 13.1 Å². The van der Waals surface area contributed by atoms with Crippen LogP contribution in [0.5, 0.6) is 0 Å². The molecule has 0 aliphatic carbocycles. The highest BCUT2D eigenvalue weighted by Crippen LogP contribution is 2.16. The molecule has 146 valence electrons. The second-order valence-corrected chi connectivity index (χ2v) is 8.06. The first-order valence-corrected chi connectivity index (χ1v) is 10.6. The number of aryl methyl sites for hydroxylation is 1. The first kappa shape index (κ1) is 21.1. The Balaban J connectivity index is 2.05. The van der Waals surface area contributed by atoms with Crippen molar-refractivity contribution in [3.63, 3.8) is 0 Å². The standard InChI is InChI=1S/C20H27N3O3S/c1-3-11-21-12-13-22-20(24)19-14-18(10-9-16(19)2)27(25,26)23-15-17-7-5-4-6-8-17/h4-10,14,21,23H,3,11-13,15H2,1-2H3,(H,22,24). The van der Waals surface area contributed by atoms with Crippen molar-refractivity contribution in [1.29, 1.82) is 0 Å². The molecule has 1 amide bonds. The fourth-order valence-electron chi connectivity index (χ4n) is 2.53. The Labute approximate surface area is 161 Å². The molecule has 0 heterocycles. The van der Waals surface area contributed by atoms with Gasteiger partial charge in [0.1, 0.15) is 0 Å². The zero-order chi connectivity index (χ0) is 19.7. The van der Waals surface area contributed by atoms with Crippen LogP contribution in [-0.2, 0) is 16.6 Å². The maximum Gasteiger partial charge on any atom is 0.251 e. The molecule has 2 aromatic carbocycles. The molecule has 0 fully saturated rings. The van der Waals surface area contributed by atoms with Crippen LogP contribution in [0.25, 0.3) is 0 Å². The minimum absolute atomic E-state index is 0.0817. The van der Waals surface area contributed by atoms with Crippen molar-refractivity contribution < 1.29 is 13.2 Å². The third kappa shape index (κ3) is 6.46. The molecular formula is C20H27N3O3S. The zero-order valence-electron chi connectivity index (χ0n) is 15.8. The van der Waals surface area contributed by atoms with E-state index in [2.05, 4.69) is 22.3 Å².